The third-order valence-electron chi connectivity index (χ3n) is 3.51. The Hall–Kier alpha value is -0.630. The predicted molar refractivity (Wildman–Crippen MR) is 66.3 cm³/mol. The highest BCUT2D eigenvalue weighted by Gasteiger charge is 2.19. The van der Waals surface area contributed by atoms with Gasteiger partial charge >= 0.3 is 0 Å². The van der Waals surface area contributed by atoms with E-state index in [4.69, 9.17) is 11.6 Å². The molecule has 0 N–H and O–H groups in total. The number of halogens is 3. The second-order valence-corrected chi connectivity index (χ2v) is 5.55. The fourth-order valence-corrected chi connectivity index (χ4v) is 3.04. The minimum Gasteiger partial charge on any atom is -0.204 e. The molecule has 0 heterocycles. The van der Waals surface area contributed by atoms with Crippen LogP contribution in [0.3, 0.4) is 0 Å². The lowest BCUT2D eigenvalue weighted by atomic mass is 9.98. The van der Waals surface area contributed by atoms with E-state index in [9.17, 15) is 8.78 Å². The standard InChI is InChI=1S/C14H17ClF2/c15-12(7-10-3-1-2-4-10)8-11-5-6-13(16)14(17)9-11/h5-6,9-10,12H,1-4,7-8H2. The second-order valence-electron chi connectivity index (χ2n) is 4.94. The Balaban J connectivity index is 1.88. The first-order chi connectivity index (χ1) is 8.15. The molecule has 1 aliphatic carbocycles. The average molecular weight is 259 g/mol. The summed E-state index contributed by atoms with van der Waals surface area (Å²) in [6, 6.07) is 4.03. The lowest BCUT2D eigenvalue weighted by Crippen LogP contribution is -2.09. The van der Waals surface area contributed by atoms with Gasteiger partial charge in [-0.25, -0.2) is 8.78 Å². The van der Waals surface area contributed by atoms with Crippen molar-refractivity contribution in [2.24, 2.45) is 5.92 Å². The number of rotatable bonds is 4. The van der Waals surface area contributed by atoms with E-state index in [1.165, 1.54) is 37.8 Å². The lowest BCUT2D eigenvalue weighted by Gasteiger charge is -2.14. The molecule has 2 rings (SSSR count). The third-order valence-corrected chi connectivity index (χ3v) is 3.84. The molecule has 1 aromatic rings. The van der Waals surface area contributed by atoms with E-state index < -0.39 is 11.6 Å². The van der Waals surface area contributed by atoms with Gasteiger partial charge in [0.15, 0.2) is 11.6 Å². The highest BCUT2D eigenvalue weighted by Crippen LogP contribution is 2.30. The van der Waals surface area contributed by atoms with Gasteiger partial charge in [0.05, 0.1) is 0 Å². The third kappa shape index (κ3) is 3.67. The average Bonchev–Trinajstić information content (AvgIpc) is 2.76. The Morgan fingerprint density at radius 3 is 2.53 bits per heavy atom. The molecular weight excluding hydrogens is 242 g/mol. The first-order valence-electron chi connectivity index (χ1n) is 6.23. The van der Waals surface area contributed by atoms with Gasteiger partial charge in [0, 0.05) is 5.38 Å². The van der Waals surface area contributed by atoms with Crippen LogP contribution in [0.1, 0.15) is 37.7 Å². The molecule has 0 spiro atoms. The van der Waals surface area contributed by atoms with Gasteiger partial charge in [-0.3, -0.25) is 0 Å². The highest BCUT2D eigenvalue weighted by molar-refractivity contribution is 6.20. The van der Waals surface area contributed by atoms with Crippen LogP contribution in [0.25, 0.3) is 0 Å². The molecule has 1 atom stereocenters. The van der Waals surface area contributed by atoms with Gasteiger partial charge in [-0.1, -0.05) is 31.7 Å². The van der Waals surface area contributed by atoms with Crippen molar-refractivity contribution in [3.05, 3.63) is 35.4 Å². The largest absolute Gasteiger partial charge is 0.204 e. The van der Waals surface area contributed by atoms with Gasteiger partial charge in [-0.15, -0.1) is 11.6 Å². The predicted octanol–water partition coefficient (Wildman–Crippen LogP) is 4.70. The first-order valence-corrected chi connectivity index (χ1v) is 6.67. The maximum Gasteiger partial charge on any atom is 0.159 e. The minimum absolute atomic E-state index is 0.0305. The van der Waals surface area contributed by atoms with Crippen LogP contribution >= 0.6 is 11.6 Å². The van der Waals surface area contributed by atoms with Gasteiger partial charge in [-0.05, 0) is 36.5 Å². The minimum atomic E-state index is -0.796. The molecule has 94 valence electrons. The molecule has 1 unspecified atom stereocenters. The van der Waals surface area contributed by atoms with Crippen molar-refractivity contribution >= 4 is 11.6 Å². The molecule has 3 heteroatoms. The second kappa shape index (κ2) is 5.81. The summed E-state index contributed by atoms with van der Waals surface area (Å²) in [7, 11) is 0. The number of hydrogen-bond donors (Lipinski definition) is 0. The Labute approximate surface area is 106 Å². The van der Waals surface area contributed by atoms with Crippen LogP contribution in [0.4, 0.5) is 8.78 Å². The summed E-state index contributed by atoms with van der Waals surface area (Å²) in [5.74, 6) is -0.856. The summed E-state index contributed by atoms with van der Waals surface area (Å²) < 4.78 is 25.8. The zero-order chi connectivity index (χ0) is 12.3. The highest BCUT2D eigenvalue weighted by atomic mass is 35.5. The van der Waals surface area contributed by atoms with Gasteiger partial charge in [0.25, 0.3) is 0 Å². The molecule has 1 fully saturated rings. The van der Waals surface area contributed by atoms with Gasteiger partial charge in [-0.2, -0.15) is 0 Å². The molecule has 1 aromatic carbocycles. The Morgan fingerprint density at radius 1 is 1.18 bits per heavy atom. The van der Waals surface area contributed by atoms with Crippen LogP contribution < -0.4 is 0 Å². The van der Waals surface area contributed by atoms with Crippen molar-refractivity contribution in [2.75, 3.05) is 0 Å². The Morgan fingerprint density at radius 2 is 1.88 bits per heavy atom. The lowest BCUT2D eigenvalue weighted by molar-refractivity contribution is 0.485. The van der Waals surface area contributed by atoms with E-state index in [-0.39, 0.29) is 5.38 Å². The molecule has 0 nitrogen and oxygen atoms in total. The number of alkyl halides is 1. The molecule has 0 saturated heterocycles. The van der Waals surface area contributed by atoms with Gasteiger partial charge < -0.3 is 0 Å². The van der Waals surface area contributed by atoms with Crippen LogP contribution in [0.5, 0.6) is 0 Å². The Kier molecular flexibility index (Phi) is 4.38. The van der Waals surface area contributed by atoms with E-state index in [2.05, 4.69) is 0 Å². The summed E-state index contributed by atoms with van der Waals surface area (Å²) in [4.78, 5) is 0. The zero-order valence-electron chi connectivity index (χ0n) is 9.76. The first kappa shape index (κ1) is 12.8. The fraction of sp³-hybridized carbons (Fsp3) is 0.571. The summed E-state index contributed by atoms with van der Waals surface area (Å²) in [5, 5.41) is 0.0305. The molecule has 0 bridgehead atoms. The maximum atomic E-state index is 13.0. The van der Waals surface area contributed by atoms with Crippen molar-refractivity contribution in [3.8, 4) is 0 Å². The Bertz CT molecular complexity index is 372. The topological polar surface area (TPSA) is 0 Å². The quantitative estimate of drug-likeness (QED) is 0.687. The summed E-state index contributed by atoms with van der Waals surface area (Å²) in [6.45, 7) is 0. The summed E-state index contributed by atoms with van der Waals surface area (Å²) >= 11 is 6.27. The van der Waals surface area contributed by atoms with Crippen LogP contribution in [0.2, 0.25) is 0 Å². The van der Waals surface area contributed by atoms with E-state index >= 15 is 0 Å². The van der Waals surface area contributed by atoms with Gasteiger partial charge in [0.1, 0.15) is 0 Å². The molecule has 0 radical (unpaired) electrons. The van der Waals surface area contributed by atoms with E-state index in [0.717, 1.165) is 17.9 Å². The zero-order valence-corrected chi connectivity index (χ0v) is 10.5. The summed E-state index contributed by atoms with van der Waals surface area (Å²) in [5.41, 5.74) is 0.780. The fourth-order valence-electron chi connectivity index (χ4n) is 2.61. The molecule has 0 aromatic heterocycles. The van der Waals surface area contributed by atoms with Crippen molar-refractivity contribution in [3.63, 3.8) is 0 Å². The molecule has 1 saturated carbocycles. The van der Waals surface area contributed by atoms with Crippen LogP contribution in [-0.2, 0) is 6.42 Å². The van der Waals surface area contributed by atoms with E-state index in [1.807, 2.05) is 0 Å². The molecule has 0 amide bonds. The molecule has 1 aliphatic rings. The van der Waals surface area contributed by atoms with Crippen molar-refractivity contribution in [1.29, 1.82) is 0 Å². The monoisotopic (exact) mass is 258 g/mol. The molecule has 0 aliphatic heterocycles. The van der Waals surface area contributed by atoms with Gasteiger partial charge in [0.2, 0.25) is 0 Å². The number of hydrogen-bond acceptors (Lipinski definition) is 0. The molecule has 17 heavy (non-hydrogen) atoms. The van der Waals surface area contributed by atoms with Crippen molar-refractivity contribution in [2.45, 2.75) is 43.9 Å². The normalized spacial score (nSPS) is 18.5. The molecular formula is C14H17ClF2. The number of benzene rings is 1. The van der Waals surface area contributed by atoms with Crippen LogP contribution in [-0.4, -0.2) is 5.38 Å². The smallest absolute Gasteiger partial charge is 0.159 e. The van der Waals surface area contributed by atoms with Crippen molar-refractivity contribution < 1.29 is 8.78 Å². The van der Waals surface area contributed by atoms with Crippen LogP contribution in [0.15, 0.2) is 18.2 Å². The maximum absolute atomic E-state index is 13.0. The van der Waals surface area contributed by atoms with E-state index in [1.54, 1.807) is 6.07 Å². The van der Waals surface area contributed by atoms with Crippen molar-refractivity contribution in [1.82, 2.24) is 0 Å². The summed E-state index contributed by atoms with van der Waals surface area (Å²) in [6.07, 6.45) is 6.75. The van der Waals surface area contributed by atoms with E-state index in [0.29, 0.717) is 6.42 Å². The SMILES string of the molecule is Fc1ccc(CC(Cl)CC2CCCC2)cc1F. The van der Waals surface area contributed by atoms with Crippen LogP contribution in [0, 0.1) is 17.6 Å².